The van der Waals surface area contributed by atoms with Crippen molar-refractivity contribution >= 4 is 22.1 Å². The van der Waals surface area contributed by atoms with Gasteiger partial charge in [0.2, 0.25) is 5.95 Å². The summed E-state index contributed by atoms with van der Waals surface area (Å²) in [7, 11) is 0. The van der Waals surface area contributed by atoms with E-state index < -0.39 is 5.95 Å². The van der Waals surface area contributed by atoms with Gasteiger partial charge in [0.25, 0.3) is 0 Å². The van der Waals surface area contributed by atoms with E-state index in [0.717, 1.165) is 16.5 Å². The number of aromatic nitrogens is 1. The lowest BCUT2D eigenvalue weighted by Crippen LogP contribution is -1.93. The Labute approximate surface area is 104 Å². The molecular formula is C15H11FN2. The highest BCUT2D eigenvalue weighted by atomic mass is 19.1. The van der Waals surface area contributed by atoms with Crippen LogP contribution in [0.4, 0.5) is 15.8 Å². The van der Waals surface area contributed by atoms with Crippen LogP contribution < -0.4 is 5.32 Å². The minimum absolute atomic E-state index is 0.486. The number of anilines is 2. The van der Waals surface area contributed by atoms with Crippen molar-refractivity contribution in [2.75, 3.05) is 5.32 Å². The first-order valence-corrected chi connectivity index (χ1v) is 5.69. The largest absolute Gasteiger partial charge is 0.355 e. The fraction of sp³-hybridized carbons (Fsp3) is 0. The van der Waals surface area contributed by atoms with Crippen molar-refractivity contribution in [3.63, 3.8) is 0 Å². The molecule has 2 nitrogen and oxygen atoms in total. The Kier molecular flexibility index (Phi) is 2.65. The Morgan fingerprint density at radius 3 is 2.67 bits per heavy atom. The summed E-state index contributed by atoms with van der Waals surface area (Å²) in [5.41, 5.74) is 1.65. The average Bonchev–Trinajstić information content (AvgIpc) is 2.39. The first-order chi connectivity index (χ1) is 8.83. The molecule has 0 fully saturated rings. The Hall–Kier alpha value is -2.42. The third kappa shape index (κ3) is 2.02. The first kappa shape index (κ1) is 10.7. The predicted molar refractivity (Wildman–Crippen MR) is 71.4 cm³/mol. The Balaban J connectivity index is 2.05. The third-order valence-electron chi connectivity index (χ3n) is 2.80. The molecule has 2 aromatic carbocycles. The van der Waals surface area contributed by atoms with Gasteiger partial charge in [-0.25, -0.2) is 4.98 Å². The normalized spacial score (nSPS) is 10.5. The molecule has 0 aliphatic carbocycles. The number of pyridine rings is 1. The Morgan fingerprint density at radius 1 is 0.944 bits per heavy atom. The van der Waals surface area contributed by atoms with E-state index in [2.05, 4.69) is 10.3 Å². The van der Waals surface area contributed by atoms with Crippen LogP contribution in [0.1, 0.15) is 0 Å². The fourth-order valence-electron chi connectivity index (χ4n) is 1.97. The number of hydrogen-bond acceptors (Lipinski definition) is 2. The Morgan fingerprint density at radius 2 is 1.78 bits per heavy atom. The van der Waals surface area contributed by atoms with Crippen LogP contribution in [0, 0.1) is 5.95 Å². The first-order valence-electron chi connectivity index (χ1n) is 5.69. The van der Waals surface area contributed by atoms with E-state index in [0.29, 0.717) is 5.69 Å². The molecule has 1 N–H and O–H groups in total. The molecule has 0 atom stereocenters. The monoisotopic (exact) mass is 238 g/mol. The molecule has 18 heavy (non-hydrogen) atoms. The molecule has 0 bridgehead atoms. The molecular weight excluding hydrogens is 227 g/mol. The Bertz CT molecular complexity index is 689. The van der Waals surface area contributed by atoms with Crippen molar-refractivity contribution in [2.24, 2.45) is 0 Å². The maximum Gasteiger partial charge on any atom is 0.214 e. The number of benzene rings is 2. The van der Waals surface area contributed by atoms with Gasteiger partial charge in [0.05, 0.1) is 0 Å². The lowest BCUT2D eigenvalue weighted by Gasteiger charge is -2.09. The maximum atomic E-state index is 13.0. The molecule has 0 aliphatic heterocycles. The van der Waals surface area contributed by atoms with Crippen LogP contribution in [0.3, 0.4) is 0 Å². The topological polar surface area (TPSA) is 24.9 Å². The molecule has 3 heteroatoms. The maximum absolute atomic E-state index is 13.0. The third-order valence-corrected chi connectivity index (χ3v) is 2.80. The second-order valence-corrected chi connectivity index (χ2v) is 4.02. The molecule has 0 aliphatic rings. The minimum atomic E-state index is -0.486. The van der Waals surface area contributed by atoms with E-state index >= 15 is 0 Å². The number of fused-ring (bicyclic) bond motifs is 1. The van der Waals surface area contributed by atoms with Gasteiger partial charge in [-0.05, 0) is 17.5 Å². The van der Waals surface area contributed by atoms with E-state index in [9.17, 15) is 4.39 Å². The molecule has 0 spiro atoms. The standard InChI is InChI=1S/C15H11FN2/c16-15-10-12(8-9-17-15)18-14-7-3-5-11-4-1-2-6-13(11)14/h1-10H,(H,17,18). The van der Waals surface area contributed by atoms with Crippen LogP contribution in [-0.2, 0) is 0 Å². The van der Waals surface area contributed by atoms with E-state index in [4.69, 9.17) is 0 Å². The number of nitrogens with zero attached hydrogens (tertiary/aromatic N) is 1. The number of halogens is 1. The molecule has 88 valence electrons. The number of rotatable bonds is 2. The smallest absolute Gasteiger partial charge is 0.214 e. The molecule has 0 saturated heterocycles. The summed E-state index contributed by atoms with van der Waals surface area (Å²) < 4.78 is 13.0. The zero-order chi connectivity index (χ0) is 12.4. The van der Waals surface area contributed by atoms with Crippen molar-refractivity contribution in [1.82, 2.24) is 4.98 Å². The van der Waals surface area contributed by atoms with E-state index in [1.807, 2.05) is 42.5 Å². The van der Waals surface area contributed by atoms with E-state index in [1.54, 1.807) is 6.07 Å². The summed E-state index contributed by atoms with van der Waals surface area (Å²) >= 11 is 0. The van der Waals surface area contributed by atoms with Gasteiger partial charge in [0.15, 0.2) is 0 Å². The lowest BCUT2D eigenvalue weighted by molar-refractivity contribution is 0.584. The predicted octanol–water partition coefficient (Wildman–Crippen LogP) is 4.12. The average molecular weight is 238 g/mol. The minimum Gasteiger partial charge on any atom is -0.355 e. The van der Waals surface area contributed by atoms with Crippen molar-refractivity contribution in [1.29, 1.82) is 0 Å². The summed E-state index contributed by atoms with van der Waals surface area (Å²) in [5.74, 6) is -0.486. The second kappa shape index (κ2) is 4.45. The van der Waals surface area contributed by atoms with E-state index in [1.165, 1.54) is 12.3 Å². The number of nitrogens with one attached hydrogen (secondary N) is 1. The highest BCUT2D eigenvalue weighted by Gasteiger charge is 2.01. The summed E-state index contributed by atoms with van der Waals surface area (Å²) in [6, 6.07) is 17.2. The van der Waals surface area contributed by atoms with Crippen LogP contribution >= 0.6 is 0 Å². The van der Waals surface area contributed by atoms with E-state index in [-0.39, 0.29) is 0 Å². The van der Waals surface area contributed by atoms with Gasteiger partial charge in [-0.1, -0.05) is 36.4 Å². The SMILES string of the molecule is Fc1cc(Nc2cccc3ccccc23)ccn1. The van der Waals surface area contributed by atoms with Gasteiger partial charge in [-0.15, -0.1) is 0 Å². The van der Waals surface area contributed by atoms with Gasteiger partial charge in [0.1, 0.15) is 0 Å². The summed E-state index contributed by atoms with van der Waals surface area (Å²) in [6.07, 6.45) is 1.45. The summed E-state index contributed by atoms with van der Waals surface area (Å²) in [4.78, 5) is 3.54. The van der Waals surface area contributed by atoms with Gasteiger partial charge in [-0.2, -0.15) is 4.39 Å². The molecule has 1 aromatic heterocycles. The van der Waals surface area contributed by atoms with Crippen LogP contribution in [0.5, 0.6) is 0 Å². The van der Waals surface area contributed by atoms with Crippen molar-refractivity contribution in [3.05, 3.63) is 66.7 Å². The van der Waals surface area contributed by atoms with Gasteiger partial charge in [-0.3, -0.25) is 0 Å². The van der Waals surface area contributed by atoms with Crippen molar-refractivity contribution in [2.45, 2.75) is 0 Å². The van der Waals surface area contributed by atoms with Crippen LogP contribution in [0.25, 0.3) is 10.8 Å². The molecule has 0 amide bonds. The summed E-state index contributed by atoms with van der Waals surface area (Å²) in [5, 5.41) is 5.47. The zero-order valence-corrected chi connectivity index (χ0v) is 9.60. The van der Waals surface area contributed by atoms with Gasteiger partial charge in [0, 0.05) is 29.0 Å². The molecule has 3 aromatic rings. The number of hydrogen-bond donors (Lipinski definition) is 1. The highest BCUT2D eigenvalue weighted by Crippen LogP contribution is 2.26. The molecule has 1 heterocycles. The van der Waals surface area contributed by atoms with Gasteiger partial charge >= 0.3 is 0 Å². The zero-order valence-electron chi connectivity index (χ0n) is 9.60. The molecule has 0 saturated carbocycles. The van der Waals surface area contributed by atoms with Crippen LogP contribution in [0.2, 0.25) is 0 Å². The molecule has 3 rings (SSSR count). The van der Waals surface area contributed by atoms with Crippen molar-refractivity contribution < 1.29 is 4.39 Å². The van der Waals surface area contributed by atoms with Gasteiger partial charge < -0.3 is 5.32 Å². The van der Waals surface area contributed by atoms with Crippen molar-refractivity contribution in [3.8, 4) is 0 Å². The highest BCUT2D eigenvalue weighted by molar-refractivity contribution is 5.95. The molecule has 0 unspecified atom stereocenters. The summed E-state index contributed by atoms with van der Waals surface area (Å²) in [6.45, 7) is 0. The quantitative estimate of drug-likeness (QED) is 0.679. The second-order valence-electron chi connectivity index (χ2n) is 4.02. The van der Waals surface area contributed by atoms with Crippen LogP contribution in [-0.4, -0.2) is 4.98 Å². The lowest BCUT2D eigenvalue weighted by atomic mass is 10.1. The fourth-order valence-corrected chi connectivity index (χ4v) is 1.97. The molecule has 0 radical (unpaired) electrons. The van der Waals surface area contributed by atoms with Crippen LogP contribution in [0.15, 0.2) is 60.8 Å².